The van der Waals surface area contributed by atoms with Crippen molar-refractivity contribution < 1.29 is 13.8 Å². The Hall–Kier alpha value is -2.44. The van der Waals surface area contributed by atoms with Gasteiger partial charge < -0.3 is 10.3 Å². The van der Waals surface area contributed by atoms with Crippen molar-refractivity contribution >= 4 is 11.6 Å². The molecule has 0 aliphatic rings. The van der Waals surface area contributed by atoms with Crippen LogP contribution in [0.5, 0.6) is 0 Å². The second kappa shape index (κ2) is 3.85. The summed E-state index contributed by atoms with van der Waals surface area (Å²) >= 11 is 0. The fraction of sp³-hybridized carbons (Fsp3) is 0.100. The first-order valence-corrected chi connectivity index (χ1v) is 4.66. The van der Waals surface area contributed by atoms with Crippen molar-refractivity contribution in [3.8, 4) is 11.3 Å². The first-order chi connectivity index (χ1) is 8.00. The van der Waals surface area contributed by atoms with Crippen molar-refractivity contribution in [3.05, 3.63) is 39.7 Å². The van der Waals surface area contributed by atoms with Crippen LogP contribution in [0.1, 0.15) is 5.56 Å². The highest BCUT2D eigenvalue weighted by atomic mass is 19.1. The molecule has 0 spiro atoms. The van der Waals surface area contributed by atoms with Gasteiger partial charge in [0.15, 0.2) is 0 Å². The Kier molecular flexibility index (Phi) is 2.51. The Bertz CT molecular complexity index is 594. The zero-order valence-corrected chi connectivity index (χ0v) is 8.81. The van der Waals surface area contributed by atoms with E-state index in [-0.39, 0.29) is 22.8 Å². The summed E-state index contributed by atoms with van der Waals surface area (Å²) in [6.45, 7) is 1.62. The molecular weight excluding hydrogens is 229 g/mol. The first kappa shape index (κ1) is 11.1. The summed E-state index contributed by atoms with van der Waals surface area (Å²) in [5.74, 6) is -0.604. The minimum absolute atomic E-state index is 0.0821. The van der Waals surface area contributed by atoms with E-state index in [9.17, 15) is 14.5 Å². The maximum absolute atomic E-state index is 13.0. The molecule has 1 aromatic carbocycles. The van der Waals surface area contributed by atoms with Crippen LogP contribution in [-0.4, -0.2) is 10.1 Å². The molecule has 0 fully saturated rings. The van der Waals surface area contributed by atoms with Gasteiger partial charge in [0, 0.05) is 5.56 Å². The van der Waals surface area contributed by atoms with Crippen LogP contribution in [0.4, 0.5) is 16.0 Å². The lowest BCUT2D eigenvalue weighted by Gasteiger charge is -2.00. The summed E-state index contributed by atoms with van der Waals surface area (Å²) in [7, 11) is 0. The smallest absolute Gasteiger partial charge is 0.281 e. The van der Waals surface area contributed by atoms with Gasteiger partial charge in [-0.15, -0.1) is 0 Å². The standard InChI is InChI=1S/C10H8FN3O3/c1-5-9(13-17-10(5)12)7-3-2-6(11)4-8(7)14(15)16/h2-4H,12H2,1H3. The van der Waals surface area contributed by atoms with E-state index in [2.05, 4.69) is 5.16 Å². The molecule has 2 N–H and O–H groups in total. The van der Waals surface area contributed by atoms with E-state index in [1.807, 2.05) is 0 Å². The molecule has 0 amide bonds. The van der Waals surface area contributed by atoms with Crippen LogP contribution in [0.2, 0.25) is 0 Å². The molecule has 2 rings (SSSR count). The number of anilines is 1. The number of benzene rings is 1. The summed E-state index contributed by atoms with van der Waals surface area (Å²) < 4.78 is 17.7. The highest BCUT2D eigenvalue weighted by Crippen LogP contribution is 2.33. The van der Waals surface area contributed by atoms with E-state index in [0.29, 0.717) is 5.56 Å². The normalized spacial score (nSPS) is 10.5. The SMILES string of the molecule is Cc1c(-c2ccc(F)cc2[N+](=O)[O-])noc1N. The van der Waals surface area contributed by atoms with Gasteiger partial charge in [-0.25, -0.2) is 4.39 Å². The fourth-order valence-corrected chi connectivity index (χ4v) is 1.46. The van der Waals surface area contributed by atoms with Gasteiger partial charge in [-0.3, -0.25) is 10.1 Å². The topological polar surface area (TPSA) is 95.2 Å². The number of nitrogens with two attached hydrogens (primary N) is 1. The monoisotopic (exact) mass is 237 g/mol. The Morgan fingerprint density at radius 3 is 2.76 bits per heavy atom. The molecular formula is C10H8FN3O3. The summed E-state index contributed by atoms with van der Waals surface area (Å²) in [5, 5.41) is 14.4. The van der Waals surface area contributed by atoms with Crippen molar-refractivity contribution in [2.45, 2.75) is 6.92 Å². The van der Waals surface area contributed by atoms with Gasteiger partial charge in [-0.05, 0) is 19.1 Å². The third-order valence-electron chi connectivity index (χ3n) is 2.37. The first-order valence-electron chi connectivity index (χ1n) is 4.66. The van der Waals surface area contributed by atoms with E-state index in [1.165, 1.54) is 6.07 Å². The number of rotatable bonds is 2. The second-order valence-electron chi connectivity index (χ2n) is 3.44. The zero-order chi connectivity index (χ0) is 12.6. The molecule has 0 bridgehead atoms. The predicted molar refractivity (Wildman–Crippen MR) is 57.7 cm³/mol. The molecule has 0 saturated heterocycles. The number of nitrogen functional groups attached to an aromatic ring is 1. The highest BCUT2D eigenvalue weighted by Gasteiger charge is 2.21. The Labute approximate surface area is 95.0 Å². The number of halogens is 1. The van der Waals surface area contributed by atoms with E-state index < -0.39 is 10.7 Å². The molecule has 1 aromatic heterocycles. The fourth-order valence-electron chi connectivity index (χ4n) is 1.46. The van der Waals surface area contributed by atoms with Gasteiger partial charge in [-0.1, -0.05) is 5.16 Å². The lowest BCUT2D eigenvalue weighted by Crippen LogP contribution is -1.94. The predicted octanol–water partition coefficient (Wildman–Crippen LogP) is 2.28. The molecule has 88 valence electrons. The average molecular weight is 237 g/mol. The maximum Gasteiger partial charge on any atom is 0.281 e. The Morgan fingerprint density at radius 2 is 2.24 bits per heavy atom. The van der Waals surface area contributed by atoms with Crippen LogP contribution in [0, 0.1) is 22.9 Å². The summed E-state index contributed by atoms with van der Waals surface area (Å²) in [6, 6.07) is 3.23. The molecule has 0 saturated carbocycles. The summed E-state index contributed by atoms with van der Waals surface area (Å²) in [5.41, 5.74) is 5.99. The molecule has 0 atom stereocenters. The molecule has 1 heterocycles. The molecule has 6 nitrogen and oxygen atoms in total. The van der Waals surface area contributed by atoms with E-state index >= 15 is 0 Å². The molecule has 0 aliphatic heterocycles. The highest BCUT2D eigenvalue weighted by molar-refractivity contribution is 5.74. The number of nitro groups is 1. The van der Waals surface area contributed by atoms with Crippen molar-refractivity contribution in [1.82, 2.24) is 5.16 Å². The zero-order valence-electron chi connectivity index (χ0n) is 8.81. The van der Waals surface area contributed by atoms with Gasteiger partial charge in [0.2, 0.25) is 5.88 Å². The van der Waals surface area contributed by atoms with Crippen LogP contribution >= 0.6 is 0 Å². The van der Waals surface area contributed by atoms with E-state index in [1.54, 1.807) is 6.92 Å². The second-order valence-corrected chi connectivity index (χ2v) is 3.44. The number of nitrogens with zero attached hydrogens (tertiary/aromatic N) is 2. The van der Waals surface area contributed by atoms with Crippen LogP contribution in [0.15, 0.2) is 22.7 Å². The number of hydrogen-bond donors (Lipinski definition) is 1. The molecule has 17 heavy (non-hydrogen) atoms. The van der Waals surface area contributed by atoms with Crippen LogP contribution in [0.3, 0.4) is 0 Å². The van der Waals surface area contributed by atoms with Crippen LogP contribution in [0.25, 0.3) is 11.3 Å². The Morgan fingerprint density at radius 1 is 1.53 bits per heavy atom. The summed E-state index contributed by atoms with van der Waals surface area (Å²) in [6.07, 6.45) is 0. The minimum atomic E-state index is -0.686. The van der Waals surface area contributed by atoms with Crippen molar-refractivity contribution in [2.75, 3.05) is 5.73 Å². The molecule has 0 radical (unpaired) electrons. The van der Waals surface area contributed by atoms with Crippen molar-refractivity contribution in [1.29, 1.82) is 0 Å². The summed E-state index contributed by atoms with van der Waals surface area (Å²) in [4.78, 5) is 10.1. The van der Waals surface area contributed by atoms with Crippen molar-refractivity contribution in [2.24, 2.45) is 0 Å². The molecule has 0 unspecified atom stereocenters. The maximum atomic E-state index is 13.0. The van der Waals surface area contributed by atoms with Gasteiger partial charge in [0.25, 0.3) is 5.69 Å². The van der Waals surface area contributed by atoms with Gasteiger partial charge in [0.05, 0.1) is 16.6 Å². The van der Waals surface area contributed by atoms with Crippen molar-refractivity contribution in [3.63, 3.8) is 0 Å². The number of hydrogen-bond acceptors (Lipinski definition) is 5. The average Bonchev–Trinajstić information content (AvgIpc) is 2.60. The quantitative estimate of drug-likeness (QED) is 0.638. The lowest BCUT2D eigenvalue weighted by atomic mass is 10.1. The van der Waals surface area contributed by atoms with Gasteiger partial charge >= 0.3 is 0 Å². The number of aromatic nitrogens is 1. The van der Waals surface area contributed by atoms with Crippen LogP contribution in [-0.2, 0) is 0 Å². The van der Waals surface area contributed by atoms with Gasteiger partial charge in [-0.2, -0.15) is 0 Å². The third kappa shape index (κ3) is 1.82. The number of nitro benzene ring substituents is 1. The minimum Gasteiger partial charge on any atom is -0.367 e. The van der Waals surface area contributed by atoms with E-state index in [0.717, 1.165) is 12.1 Å². The largest absolute Gasteiger partial charge is 0.367 e. The van der Waals surface area contributed by atoms with Gasteiger partial charge in [0.1, 0.15) is 11.5 Å². The van der Waals surface area contributed by atoms with Crippen LogP contribution < -0.4 is 5.73 Å². The lowest BCUT2D eigenvalue weighted by molar-refractivity contribution is -0.384. The molecule has 0 aliphatic carbocycles. The van der Waals surface area contributed by atoms with E-state index in [4.69, 9.17) is 10.3 Å². The molecule has 2 aromatic rings. The Balaban J connectivity index is 2.67. The third-order valence-corrected chi connectivity index (χ3v) is 2.37. The molecule has 7 heteroatoms.